The Hall–Kier alpha value is -1.62. The quantitative estimate of drug-likeness (QED) is 0.828. The molecule has 1 unspecified atom stereocenters. The summed E-state index contributed by atoms with van der Waals surface area (Å²) in [6.45, 7) is 3.25. The number of rotatable bonds is 6. The molecule has 5 heteroatoms. The van der Waals surface area contributed by atoms with Gasteiger partial charge in [-0.1, -0.05) is 0 Å². The lowest BCUT2D eigenvalue weighted by molar-refractivity contribution is -0.145. The summed E-state index contributed by atoms with van der Waals surface area (Å²) >= 11 is 0. The monoisotopic (exact) mass is 267 g/mol. The van der Waals surface area contributed by atoms with E-state index in [0.717, 1.165) is 12.8 Å². The van der Waals surface area contributed by atoms with Crippen molar-refractivity contribution in [2.45, 2.75) is 38.3 Å². The highest BCUT2D eigenvalue weighted by molar-refractivity contribution is 5.78. The minimum Gasteiger partial charge on any atom is -0.491 e. The Labute approximate surface area is 111 Å². The second kappa shape index (κ2) is 5.17. The normalized spacial score (nSPS) is 17.8. The first-order valence-corrected chi connectivity index (χ1v) is 6.31. The molecular formula is C14H18FNO3. The molecule has 1 fully saturated rings. The van der Waals surface area contributed by atoms with Crippen molar-refractivity contribution in [2.24, 2.45) is 0 Å². The van der Waals surface area contributed by atoms with Crippen molar-refractivity contribution in [3.63, 3.8) is 0 Å². The molecule has 2 rings (SSSR count). The van der Waals surface area contributed by atoms with Crippen LogP contribution in [0.15, 0.2) is 18.2 Å². The fourth-order valence-corrected chi connectivity index (χ4v) is 1.78. The Bertz CT molecular complexity index is 488. The number of carboxylic acid groups (broad SMARTS) is 1. The maximum Gasteiger partial charge on any atom is 0.327 e. The van der Waals surface area contributed by atoms with Gasteiger partial charge in [0.05, 0.1) is 0 Å². The fraction of sp³-hybridized carbons (Fsp3) is 0.500. The van der Waals surface area contributed by atoms with Crippen molar-refractivity contribution in [3.8, 4) is 5.75 Å². The minimum atomic E-state index is -1.12. The van der Waals surface area contributed by atoms with Crippen LogP contribution in [0.25, 0.3) is 0 Å². The Morgan fingerprint density at radius 1 is 1.58 bits per heavy atom. The first-order chi connectivity index (χ1) is 8.90. The highest BCUT2D eigenvalue weighted by atomic mass is 19.1. The molecule has 1 aromatic rings. The standard InChI is InChI=1S/C14H18FNO3/c1-9-7-11(5-6-12(9)15)19-8-14(2,13(17)18)16-10-3-4-10/h5-7,10,16H,3-4,8H2,1-2H3,(H,17,18). The van der Waals surface area contributed by atoms with Gasteiger partial charge < -0.3 is 9.84 Å². The fourth-order valence-electron chi connectivity index (χ4n) is 1.78. The predicted octanol–water partition coefficient (Wildman–Crippen LogP) is 2.11. The molecule has 1 saturated carbocycles. The lowest BCUT2D eigenvalue weighted by Crippen LogP contribution is -2.54. The number of aliphatic carboxylic acids is 1. The number of nitrogens with one attached hydrogen (secondary N) is 1. The van der Waals surface area contributed by atoms with E-state index in [1.165, 1.54) is 12.1 Å². The Kier molecular flexibility index (Phi) is 3.75. The van der Waals surface area contributed by atoms with Crippen LogP contribution >= 0.6 is 0 Å². The van der Waals surface area contributed by atoms with Gasteiger partial charge in [-0.15, -0.1) is 0 Å². The second-order valence-corrected chi connectivity index (χ2v) is 5.26. The zero-order chi connectivity index (χ0) is 14.0. The van der Waals surface area contributed by atoms with E-state index in [0.29, 0.717) is 11.3 Å². The van der Waals surface area contributed by atoms with Crippen LogP contribution in [0, 0.1) is 12.7 Å². The molecule has 0 spiro atoms. The number of hydrogen-bond donors (Lipinski definition) is 2. The molecule has 4 nitrogen and oxygen atoms in total. The summed E-state index contributed by atoms with van der Waals surface area (Å²) in [5.74, 6) is -0.772. The lowest BCUT2D eigenvalue weighted by Gasteiger charge is -2.26. The number of ether oxygens (including phenoxy) is 1. The first kappa shape index (κ1) is 13.8. The van der Waals surface area contributed by atoms with Crippen molar-refractivity contribution >= 4 is 5.97 Å². The van der Waals surface area contributed by atoms with Crippen molar-refractivity contribution in [1.29, 1.82) is 0 Å². The van der Waals surface area contributed by atoms with Gasteiger partial charge in [-0.3, -0.25) is 10.1 Å². The number of carbonyl (C=O) groups is 1. The zero-order valence-corrected chi connectivity index (χ0v) is 11.1. The summed E-state index contributed by atoms with van der Waals surface area (Å²) in [6.07, 6.45) is 2.00. The van der Waals surface area contributed by atoms with Crippen molar-refractivity contribution in [2.75, 3.05) is 6.61 Å². The molecule has 1 aliphatic rings. The molecule has 1 atom stereocenters. The van der Waals surface area contributed by atoms with E-state index in [-0.39, 0.29) is 18.5 Å². The summed E-state index contributed by atoms with van der Waals surface area (Å²) < 4.78 is 18.6. The molecule has 0 bridgehead atoms. The zero-order valence-electron chi connectivity index (χ0n) is 11.1. The van der Waals surface area contributed by atoms with E-state index in [1.54, 1.807) is 19.9 Å². The summed E-state index contributed by atoms with van der Waals surface area (Å²) in [5.41, 5.74) is -0.645. The molecule has 2 N–H and O–H groups in total. The Balaban J connectivity index is 2.01. The molecule has 0 radical (unpaired) electrons. The van der Waals surface area contributed by atoms with Gasteiger partial charge in [-0.25, -0.2) is 4.39 Å². The number of benzene rings is 1. The third kappa shape index (κ3) is 3.44. The second-order valence-electron chi connectivity index (χ2n) is 5.26. The molecule has 0 aliphatic heterocycles. The van der Waals surface area contributed by atoms with Crippen LogP contribution in [0.5, 0.6) is 5.75 Å². The van der Waals surface area contributed by atoms with Crippen LogP contribution in [0.2, 0.25) is 0 Å². The Morgan fingerprint density at radius 2 is 2.26 bits per heavy atom. The van der Waals surface area contributed by atoms with Crippen LogP contribution in [-0.4, -0.2) is 29.3 Å². The van der Waals surface area contributed by atoms with Gasteiger partial charge in [-0.05, 0) is 50.5 Å². The SMILES string of the molecule is Cc1cc(OCC(C)(NC2CC2)C(=O)O)ccc1F. The Morgan fingerprint density at radius 3 is 2.79 bits per heavy atom. The predicted molar refractivity (Wildman–Crippen MR) is 68.8 cm³/mol. The summed E-state index contributed by atoms with van der Waals surface area (Å²) in [5, 5.41) is 12.3. The van der Waals surface area contributed by atoms with Crippen molar-refractivity contribution in [1.82, 2.24) is 5.32 Å². The molecule has 1 aromatic carbocycles. The van der Waals surface area contributed by atoms with Gasteiger partial charge in [0, 0.05) is 6.04 Å². The minimum absolute atomic E-state index is 0.00387. The number of hydrogen-bond acceptors (Lipinski definition) is 3. The van der Waals surface area contributed by atoms with Gasteiger partial charge in [-0.2, -0.15) is 0 Å². The molecule has 0 amide bonds. The molecule has 104 valence electrons. The summed E-state index contributed by atoms with van der Waals surface area (Å²) in [4.78, 5) is 11.3. The van der Waals surface area contributed by atoms with Gasteiger partial charge in [0.25, 0.3) is 0 Å². The molecule has 19 heavy (non-hydrogen) atoms. The van der Waals surface area contributed by atoms with Gasteiger partial charge in [0.15, 0.2) is 0 Å². The molecule has 0 saturated heterocycles. The van der Waals surface area contributed by atoms with E-state index >= 15 is 0 Å². The first-order valence-electron chi connectivity index (χ1n) is 6.31. The largest absolute Gasteiger partial charge is 0.491 e. The topological polar surface area (TPSA) is 58.6 Å². The third-order valence-corrected chi connectivity index (χ3v) is 3.23. The van der Waals surface area contributed by atoms with Crippen LogP contribution in [-0.2, 0) is 4.79 Å². The van der Waals surface area contributed by atoms with Crippen molar-refractivity contribution in [3.05, 3.63) is 29.6 Å². The number of aryl methyl sites for hydroxylation is 1. The average Bonchev–Trinajstić information content (AvgIpc) is 3.14. The molecular weight excluding hydrogens is 249 g/mol. The van der Waals surface area contributed by atoms with Crippen LogP contribution in [0.4, 0.5) is 4.39 Å². The number of carboxylic acids is 1. The van der Waals surface area contributed by atoms with E-state index in [1.807, 2.05) is 0 Å². The van der Waals surface area contributed by atoms with E-state index in [9.17, 15) is 14.3 Å². The smallest absolute Gasteiger partial charge is 0.327 e. The molecule has 0 heterocycles. The summed E-state index contributed by atoms with van der Waals surface area (Å²) in [7, 11) is 0. The maximum absolute atomic E-state index is 13.1. The lowest BCUT2D eigenvalue weighted by atomic mass is 10.0. The number of halogens is 1. The van der Waals surface area contributed by atoms with Crippen LogP contribution in [0.3, 0.4) is 0 Å². The van der Waals surface area contributed by atoms with E-state index in [2.05, 4.69) is 5.32 Å². The van der Waals surface area contributed by atoms with Crippen molar-refractivity contribution < 1.29 is 19.0 Å². The third-order valence-electron chi connectivity index (χ3n) is 3.23. The molecule has 0 aromatic heterocycles. The van der Waals surface area contributed by atoms with Crippen LogP contribution in [0.1, 0.15) is 25.3 Å². The van der Waals surface area contributed by atoms with Gasteiger partial charge >= 0.3 is 5.97 Å². The summed E-state index contributed by atoms with van der Waals surface area (Å²) in [6, 6.07) is 4.65. The average molecular weight is 267 g/mol. The van der Waals surface area contributed by atoms with Crippen LogP contribution < -0.4 is 10.1 Å². The molecule has 1 aliphatic carbocycles. The van der Waals surface area contributed by atoms with E-state index in [4.69, 9.17) is 4.74 Å². The highest BCUT2D eigenvalue weighted by Gasteiger charge is 2.39. The maximum atomic E-state index is 13.1. The highest BCUT2D eigenvalue weighted by Crippen LogP contribution is 2.24. The van der Waals surface area contributed by atoms with E-state index < -0.39 is 11.5 Å². The van der Waals surface area contributed by atoms with Gasteiger partial charge in [0.1, 0.15) is 23.7 Å². The van der Waals surface area contributed by atoms with Gasteiger partial charge in [0.2, 0.25) is 0 Å².